The molecule has 0 atom stereocenters. The van der Waals surface area contributed by atoms with E-state index >= 15 is 0 Å². The van der Waals surface area contributed by atoms with Gasteiger partial charge in [0, 0.05) is 50.2 Å². The second kappa shape index (κ2) is 11.3. The third kappa shape index (κ3) is 4.56. The van der Waals surface area contributed by atoms with Crippen molar-refractivity contribution in [3.8, 4) is 24.3 Å². The Morgan fingerprint density at radius 2 is 0.955 bits per heavy atom. The van der Waals surface area contributed by atoms with Crippen molar-refractivity contribution in [3.63, 3.8) is 0 Å². The number of ketones is 2. The molecule has 0 saturated carbocycles. The molecule has 2 aromatic heterocycles. The van der Waals surface area contributed by atoms with Gasteiger partial charge in [0.05, 0.1) is 10.0 Å². The second-order valence-corrected chi connectivity index (χ2v) is 11.9. The molecule has 0 spiro atoms. The predicted molar refractivity (Wildman–Crippen MR) is 170 cm³/mol. The van der Waals surface area contributed by atoms with Crippen molar-refractivity contribution >= 4 is 67.5 Å². The first-order valence-corrected chi connectivity index (χ1v) is 14.8. The Kier molecular flexibility index (Phi) is 7.20. The minimum atomic E-state index is -0.231. The highest BCUT2D eigenvalue weighted by Gasteiger charge is 2.33. The number of nitriles is 4. The molecule has 0 unspecified atom stereocenters. The fourth-order valence-electron chi connectivity index (χ4n) is 5.29. The van der Waals surface area contributed by atoms with E-state index in [1.54, 1.807) is 60.7 Å². The van der Waals surface area contributed by atoms with Crippen molar-refractivity contribution in [2.45, 2.75) is 0 Å². The Bertz CT molecular complexity index is 2040. The average molecular weight is 604 g/mol. The van der Waals surface area contributed by atoms with E-state index in [1.807, 2.05) is 60.5 Å². The monoisotopic (exact) mass is 603 g/mol. The summed E-state index contributed by atoms with van der Waals surface area (Å²) in [5, 5.41) is 40.1. The summed E-state index contributed by atoms with van der Waals surface area (Å²) in [4.78, 5) is 30.1. The number of anilines is 2. The first kappa shape index (κ1) is 28.0. The molecule has 2 aliphatic rings. The Hall–Kier alpha value is -6.10. The summed E-state index contributed by atoms with van der Waals surface area (Å²) in [7, 11) is 1.91. The maximum Gasteiger partial charge on any atom is 0.194 e. The fraction of sp³-hybridized carbons (Fsp3) is 0.0286. The number of Topliss-reactive ketones (excluding diaryl/α,β-unsaturated/α-hetero) is 2. The molecule has 7 nitrogen and oxygen atoms in total. The number of thiophene rings is 2. The molecule has 9 heteroatoms. The van der Waals surface area contributed by atoms with Crippen LogP contribution < -0.4 is 4.90 Å². The first-order chi connectivity index (χ1) is 21.4. The van der Waals surface area contributed by atoms with Crippen molar-refractivity contribution in [2.75, 3.05) is 11.9 Å². The maximum atomic E-state index is 13.3. The summed E-state index contributed by atoms with van der Waals surface area (Å²) in [6, 6.07) is 29.2. The smallest absolute Gasteiger partial charge is 0.194 e. The lowest BCUT2D eigenvalue weighted by atomic mass is 9.99. The molecule has 44 heavy (non-hydrogen) atoms. The Labute approximate surface area is 260 Å². The van der Waals surface area contributed by atoms with Gasteiger partial charge in [-0.15, -0.1) is 22.7 Å². The molecule has 2 aliphatic carbocycles. The molecule has 206 valence electrons. The summed E-state index contributed by atoms with van der Waals surface area (Å²) >= 11 is 2.89. The zero-order valence-electron chi connectivity index (χ0n) is 23.0. The lowest BCUT2D eigenvalue weighted by Gasteiger charge is -2.14. The summed E-state index contributed by atoms with van der Waals surface area (Å²) < 4.78 is 0. The van der Waals surface area contributed by atoms with Gasteiger partial charge in [0.2, 0.25) is 0 Å². The van der Waals surface area contributed by atoms with Gasteiger partial charge in [-0.1, -0.05) is 48.5 Å². The molecule has 2 aromatic carbocycles. The molecule has 0 bridgehead atoms. The van der Waals surface area contributed by atoms with Gasteiger partial charge in [0.15, 0.2) is 11.6 Å². The number of hydrogen-bond acceptors (Lipinski definition) is 9. The van der Waals surface area contributed by atoms with Crippen LogP contribution in [0.2, 0.25) is 0 Å². The Morgan fingerprint density at radius 1 is 0.591 bits per heavy atom. The molecule has 6 rings (SSSR count). The van der Waals surface area contributed by atoms with E-state index < -0.39 is 0 Å². The van der Waals surface area contributed by atoms with Crippen molar-refractivity contribution in [3.05, 3.63) is 127 Å². The van der Waals surface area contributed by atoms with Crippen molar-refractivity contribution in [2.24, 2.45) is 0 Å². The number of carbonyl (C=O) groups excluding carboxylic acids is 2. The number of rotatable bonds is 4. The fourth-order valence-corrected chi connectivity index (χ4v) is 7.20. The highest BCUT2D eigenvalue weighted by Crippen LogP contribution is 2.43. The zero-order valence-corrected chi connectivity index (χ0v) is 24.6. The van der Waals surface area contributed by atoms with Gasteiger partial charge in [-0.25, -0.2) is 0 Å². The molecule has 2 heterocycles. The van der Waals surface area contributed by atoms with Gasteiger partial charge in [0.1, 0.15) is 35.4 Å². The number of hydrogen-bond donors (Lipinski definition) is 0. The summed E-state index contributed by atoms with van der Waals surface area (Å²) in [6.45, 7) is 0. The quantitative estimate of drug-likeness (QED) is 0.172. The topological polar surface area (TPSA) is 133 Å². The molecule has 0 amide bonds. The van der Waals surface area contributed by atoms with Crippen LogP contribution in [0.3, 0.4) is 0 Å². The van der Waals surface area contributed by atoms with E-state index in [1.165, 1.54) is 22.7 Å². The van der Waals surface area contributed by atoms with Crippen LogP contribution in [0.4, 0.5) is 10.0 Å². The van der Waals surface area contributed by atoms with E-state index in [2.05, 4.69) is 0 Å². The van der Waals surface area contributed by atoms with Crippen LogP contribution in [-0.2, 0) is 0 Å². The molecule has 0 radical (unpaired) electrons. The Balaban J connectivity index is 1.32. The highest BCUT2D eigenvalue weighted by atomic mass is 32.1. The molecule has 4 aromatic rings. The third-order valence-electron chi connectivity index (χ3n) is 7.32. The van der Waals surface area contributed by atoms with Crippen molar-refractivity contribution in [1.82, 2.24) is 0 Å². The number of benzene rings is 2. The molecule has 0 N–H and O–H groups in total. The normalized spacial score (nSPS) is 14.9. The van der Waals surface area contributed by atoms with E-state index in [9.17, 15) is 30.6 Å². The average Bonchev–Trinajstić information content (AvgIpc) is 3.83. The van der Waals surface area contributed by atoms with Crippen LogP contribution in [0.5, 0.6) is 0 Å². The minimum absolute atomic E-state index is 0.109. The highest BCUT2D eigenvalue weighted by molar-refractivity contribution is 7.19. The van der Waals surface area contributed by atoms with Gasteiger partial charge in [0.25, 0.3) is 0 Å². The molecular formula is C35H17N5O2S2. The van der Waals surface area contributed by atoms with Crippen LogP contribution in [0.25, 0.3) is 23.3 Å². The van der Waals surface area contributed by atoms with Gasteiger partial charge in [-0.05, 0) is 47.5 Å². The summed E-state index contributed by atoms with van der Waals surface area (Å²) in [5.41, 5.74) is 3.18. The van der Waals surface area contributed by atoms with Gasteiger partial charge in [-0.2, -0.15) is 21.0 Å². The molecule has 0 aliphatic heterocycles. The standard InChI is InChI=1S/C35H17N5O2S2/c1-40(30-12-10-22(43-30)14-28-32(20(16-36)17-37)24-6-2-4-8-26(24)34(28)41)31-13-11-23(44-31)15-29-33(21(18-38)19-39)25-7-3-5-9-27(25)35(29)42/h2-15H,1H3/b28-14-,29-15+. The molecule has 0 saturated heterocycles. The number of fused-ring (bicyclic) bond motifs is 2. The largest absolute Gasteiger partial charge is 0.328 e. The minimum Gasteiger partial charge on any atom is -0.328 e. The van der Waals surface area contributed by atoms with E-state index in [-0.39, 0.29) is 22.7 Å². The Morgan fingerprint density at radius 3 is 1.32 bits per heavy atom. The van der Waals surface area contributed by atoms with Gasteiger partial charge >= 0.3 is 0 Å². The third-order valence-corrected chi connectivity index (χ3v) is 9.53. The SMILES string of the molecule is CN(c1ccc(/C=C2\C(=O)c3ccccc3C2=C(C#N)C#N)s1)c1ccc(/C=C2/C(=O)c3ccccc3C2=C(C#N)C#N)s1. The van der Waals surface area contributed by atoms with Crippen LogP contribution in [0, 0.1) is 45.3 Å². The van der Waals surface area contributed by atoms with Crippen molar-refractivity contribution in [1.29, 1.82) is 21.0 Å². The van der Waals surface area contributed by atoms with Crippen LogP contribution in [0.15, 0.2) is 95.1 Å². The summed E-state index contributed by atoms with van der Waals surface area (Å²) in [6.07, 6.45) is 3.44. The number of nitrogens with zero attached hydrogens (tertiary/aromatic N) is 5. The van der Waals surface area contributed by atoms with Crippen LogP contribution in [0.1, 0.15) is 41.6 Å². The lowest BCUT2D eigenvalue weighted by molar-refractivity contribution is 0.103. The number of allylic oxidation sites excluding steroid dienone is 6. The van der Waals surface area contributed by atoms with E-state index in [4.69, 9.17) is 0 Å². The zero-order chi connectivity index (χ0) is 31.0. The maximum absolute atomic E-state index is 13.3. The predicted octanol–water partition coefficient (Wildman–Crippen LogP) is 7.74. The van der Waals surface area contributed by atoms with Gasteiger partial charge in [-0.3, -0.25) is 9.59 Å². The second-order valence-electron chi connectivity index (χ2n) is 9.72. The first-order valence-electron chi connectivity index (χ1n) is 13.1. The molecular weight excluding hydrogens is 587 g/mol. The van der Waals surface area contributed by atoms with E-state index in [0.29, 0.717) is 44.5 Å². The lowest BCUT2D eigenvalue weighted by Crippen LogP contribution is -2.04. The van der Waals surface area contributed by atoms with Crippen LogP contribution in [-0.4, -0.2) is 18.6 Å². The van der Waals surface area contributed by atoms with Crippen LogP contribution >= 0.6 is 22.7 Å². The van der Waals surface area contributed by atoms with E-state index in [0.717, 1.165) is 19.8 Å². The van der Waals surface area contributed by atoms with Gasteiger partial charge < -0.3 is 4.90 Å². The van der Waals surface area contributed by atoms with Crippen molar-refractivity contribution < 1.29 is 9.59 Å². The number of carbonyl (C=O) groups is 2. The molecule has 0 fully saturated rings. The summed E-state index contributed by atoms with van der Waals surface area (Å²) in [5.74, 6) is -0.461.